The minimum atomic E-state index is -0.984. The number of hydrogen-bond donors (Lipinski definition) is 2. The van der Waals surface area contributed by atoms with Crippen molar-refractivity contribution in [2.75, 3.05) is 11.9 Å². The molecule has 0 aliphatic carbocycles. The van der Waals surface area contributed by atoms with Gasteiger partial charge in [0.1, 0.15) is 11.8 Å². The SMILES string of the molecule is Cl.NC(Cc1ccc(OCCCBr)cc1)C(=O)O. The van der Waals surface area contributed by atoms with E-state index in [1.807, 2.05) is 24.3 Å². The average molecular weight is 339 g/mol. The molecule has 0 aromatic heterocycles. The quantitative estimate of drug-likeness (QED) is 0.591. The molecule has 1 aromatic carbocycles. The summed E-state index contributed by atoms with van der Waals surface area (Å²) < 4.78 is 5.48. The summed E-state index contributed by atoms with van der Waals surface area (Å²) >= 11 is 3.33. The summed E-state index contributed by atoms with van der Waals surface area (Å²) in [6.07, 6.45) is 1.28. The fourth-order valence-electron chi connectivity index (χ4n) is 1.31. The molecule has 18 heavy (non-hydrogen) atoms. The lowest BCUT2D eigenvalue weighted by Crippen LogP contribution is -2.32. The van der Waals surface area contributed by atoms with Crippen LogP contribution in [0.5, 0.6) is 5.75 Å². The second-order valence-corrected chi connectivity index (χ2v) is 4.48. The number of carboxylic acid groups (broad SMARTS) is 1. The van der Waals surface area contributed by atoms with Crippen molar-refractivity contribution in [3.63, 3.8) is 0 Å². The van der Waals surface area contributed by atoms with Crippen LogP contribution in [0.2, 0.25) is 0 Å². The zero-order chi connectivity index (χ0) is 12.7. The fraction of sp³-hybridized carbons (Fsp3) is 0.417. The monoisotopic (exact) mass is 337 g/mol. The number of aliphatic carboxylic acids is 1. The van der Waals surface area contributed by atoms with Crippen LogP contribution in [0.4, 0.5) is 0 Å². The molecule has 0 aliphatic rings. The van der Waals surface area contributed by atoms with Crippen LogP contribution in [-0.2, 0) is 11.2 Å². The highest BCUT2D eigenvalue weighted by Gasteiger charge is 2.11. The fourth-order valence-corrected chi connectivity index (χ4v) is 1.54. The Morgan fingerprint density at radius 3 is 2.50 bits per heavy atom. The molecule has 0 heterocycles. The van der Waals surface area contributed by atoms with Gasteiger partial charge in [-0.05, 0) is 30.5 Å². The van der Waals surface area contributed by atoms with Gasteiger partial charge in [0.05, 0.1) is 6.61 Å². The van der Waals surface area contributed by atoms with Gasteiger partial charge in [0.15, 0.2) is 0 Å². The van der Waals surface area contributed by atoms with Gasteiger partial charge in [-0.2, -0.15) is 0 Å². The van der Waals surface area contributed by atoms with E-state index in [0.29, 0.717) is 13.0 Å². The molecule has 0 radical (unpaired) electrons. The van der Waals surface area contributed by atoms with Crippen LogP contribution in [0.3, 0.4) is 0 Å². The number of carboxylic acids is 1. The third-order valence-electron chi connectivity index (χ3n) is 2.24. The Labute approximate surface area is 121 Å². The molecule has 0 saturated heterocycles. The lowest BCUT2D eigenvalue weighted by atomic mass is 10.1. The molecule has 4 nitrogen and oxygen atoms in total. The van der Waals surface area contributed by atoms with E-state index in [1.165, 1.54) is 0 Å². The van der Waals surface area contributed by atoms with Crippen LogP contribution < -0.4 is 10.5 Å². The van der Waals surface area contributed by atoms with Crippen molar-refractivity contribution in [1.29, 1.82) is 0 Å². The molecule has 0 saturated carbocycles. The summed E-state index contributed by atoms with van der Waals surface area (Å²) in [4.78, 5) is 10.6. The van der Waals surface area contributed by atoms with Crippen LogP contribution in [0.1, 0.15) is 12.0 Å². The van der Waals surface area contributed by atoms with Gasteiger partial charge in [-0.15, -0.1) is 12.4 Å². The first-order valence-electron chi connectivity index (χ1n) is 5.39. The van der Waals surface area contributed by atoms with Gasteiger partial charge in [0.2, 0.25) is 0 Å². The van der Waals surface area contributed by atoms with Crippen molar-refractivity contribution in [2.45, 2.75) is 18.9 Å². The van der Waals surface area contributed by atoms with Gasteiger partial charge < -0.3 is 15.6 Å². The summed E-state index contributed by atoms with van der Waals surface area (Å²) in [7, 11) is 0. The number of halogens is 2. The van der Waals surface area contributed by atoms with Crippen molar-refractivity contribution in [1.82, 2.24) is 0 Å². The number of nitrogens with two attached hydrogens (primary N) is 1. The average Bonchev–Trinajstić information content (AvgIpc) is 2.31. The van der Waals surface area contributed by atoms with Crippen LogP contribution in [0, 0.1) is 0 Å². The molecule has 3 N–H and O–H groups in total. The minimum absolute atomic E-state index is 0. The first-order chi connectivity index (χ1) is 8.13. The van der Waals surface area contributed by atoms with Gasteiger partial charge >= 0.3 is 5.97 Å². The summed E-state index contributed by atoms with van der Waals surface area (Å²) in [5.41, 5.74) is 6.34. The molecule has 1 unspecified atom stereocenters. The van der Waals surface area contributed by atoms with Crippen molar-refractivity contribution < 1.29 is 14.6 Å². The second kappa shape index (κ2) is 9.19. The maximum Gasteiger partial charge on any atom is 0.320 e. The predicted octanol–water partition coefficient (Wildman–Crippen LogP) is 2.23. The number of hydrogen-bond acceptors (Lipinski definition) is 3. The van der Waals surface area contributed by atoms with Crippen molar-refractivity contribution >= 4 is 34.3 Å². The molecule has 0 amide bonds. The van der Waals surface area contributed by atoms with E-state index in [4.69, 9.17) is 15.6 Å². The lowest BCUT2D eigenvalue weighted by Gasteiger charge is -2.08. The Balaban J connectivity index is 0.00000289. The summed E-state index contributed by atoms with van der Waals surface area (Å²) in [5.74, 6) is -0.193. The summed E-state index contributed by atoms with van der Waals surface area (Å²) in [5, 5.41) is 9.60. The molecular formula is C12H17BrClNO3. The van der Waals surface area contributed by atoms with Gasteiger partial charge in [-0.25, -0.2) is 0 Å². The van der Waals surface area contributed by atoms with E-state index in [1.54, 1.807) is 0 Å². The third kappa shape index (κ3) is 6.23. The molecular weight excluding hydrogens is 321 g/mol. The Morgan fingerprint density at radius 1 is 1.39 bits per heavy atom. The number of ether oxygens (including phenoxy) is 1. The van der Waals surface area contributed by atoms with Gasteiger partial charge in [-0.1, -0.05) is 28.1 Å². The second-order valence-electron chi connectivity index (χ2n) is 3.68. The zero-order valence-corrected chi connectivity index (χ0v) is 12.2. The molecule has 0 fully saturated rings. The summed E-state index contributed by atoms with van der Waals surface area (Å²) in [6, 6.07) is 6.49. The maximum absolute atomic E-state index is 10.6. The van der Waals surface area contributed by atoms with Crippen LogP contribution in [0.15, 0.2) is 24.3 Å². The topological polar surface area (TPSA) is 72.5 Å². The zero-order valence-electron chi connectivity index (χ0n) is 9.84. The highest BCUT2D eigenvalue weighted by Crippen LogP contribution is 2.13. The van der Waals surface area contributed by atoms with E-state index in [9.17, 15) is 4.79 Å². The minimum Gasteiger partial charge on any atom is -0.494 e. The normalized spacial score (nSPS) is 11.4. The molecule has 0 aliphatic heterocycles. The molecule has 0 bridgehead atoms. The first-order valence-corrected chi connectivity index (χ1v) is 6.51. The smallest absolute Gasteiger partial charge is 0.320 e. The Morgan fingerprint density at radius 2 is 2.00 bits per heavy atom. The number of benzene rings is 1. The summed E-state index contributed by atoms with van der Waals surface area (Å²) in [6.45, 7) is 0.666. The van der Waals surface area contributed by atoms with Gasteiger partial charge in [0.25, 0.3) is 0 Å². The van der Waals surface area contributed by atoms with Crippen molar-refractivity contribution in [2.24, 2.45) is 5.73 Å². The predicted molar refractivity (Wildman–Crippen MR) is 76.9 cm³/mol. The number of carbonyl (C=O) groups is 1. The van der Waals surface area contributed by atoms with E-state index < -0.39 is 12.0 Å². The Hall–Kier alpha value is -0.780. The van der Waals surface area contributed by atoms with E-state index >= 15 is 0 Å². The Bertz CT molecular complexity index is 359. The molecule has 0 spiro atoms. The third-order valence-corrected chi connectivity index (χ3v) is 2.80. The maximum atomic E-state index is 10.6. The highest BCUT2D eigenvalue weighted by molar-refractivity contribution is 9.09. The first kappa shape index (κ1) is 17.2. The molecule has 1 rings (SSSR count). The lowest BCUT2D eigenvalue weighted by molar-refractivity contribution is -0.138. The van der Waals surface area contributed by atoms with Crippen LogP contribution in [-0.4, -0.2) is 29.1 Å². The van der Waals surface area contributed by atoms with Crippen LogP contribution in [0.25, 0.3) is 0 Å². The largest absolute Gasteiger partial charge is 0.494 e. The van der Waals surface area contributed by atoms with Crippen molar-refractivity contribution in [3.05, 3.63) is 29.8 Å². The Kier molecular flexibility index (Phi) is 8.79. The van der Waals surface area contributed by atoms with Gasteiger partial charge in [0, 0.05) is 5.33 Å². The molecule has 6 heteroatoms. The number of rotatable bonds is 7. The number of alkyl halides is 1. The van der Waals surface area contributed by atoms with E-state index in [2.05, 4.69) is 15.9 Å². The highest BCUT2D eigenvalue weighted by atomic mass is 79.9. The van der Waals surface area contributed by atoms with E-state index in [0.717, 1.165) is 23.1 Å². The molecule has 102 valence electrons. The standard InChI is InChI=1S/C12H16BrNO3.ClH/c13-6-1-7-17-10-4-2-9(3-5-10)8-11(14)12(15)16;/h2-5,11H,1,6-8,14H2,(H,15,16);1H. The molecule has 1 atom stereocenters. The van der Waals surface area contributed by atoms with Crippen molar-refractivity contribution in [3.8, 4) is 5.75 Å². The van der Waals surface area contributed by atoms with Gasteiger partial charge in [-0.3, -0.25) is 4.79 Å². The molecule has 1 aromatic rings. The van der Waals surface area contributed by atoms with E-state index in [-0.39, 0.29) is 12.4 Å². The van der Waals surface area contributed by atoms with Crippen LogP contribution >= 0.6 is 28.3 Å².